The van der Waals surface area contributed by atoms with Gasteiger partial charge >= 0.3 is 6.01 Å². The molecule has 2 aromatic rings. The Labute approximate surface area is 133 Å². The second kappa shape index (κ2) is 7.21. The van der Waals surface area contributed by atoms with E-state index >= 15 is 0 Å². The third-order valence-corrected chi connectivity index (χ3v) is 3.84. The Morgan fingerprint density at radius 1 is 1.26 bits per heavy atom. The molecule has 6 nitrogen and oxygen atoms in total. The third-order valence-electron chi connectivity index (χ3n) is 3.84. The molecular formula is C16H18FN3O3. The van der Waals surface area contributed by atoms with E-state index in [0.29, 0.717) is 5.89 Å². The van der Waals surface area contributed by atoms with Gasteiger partial charge in [-0.25, -0.2) is 4.39 Å². The number of hydrogen-bond acceptors (Lipinski definition) is 5. The molecule has 0 aliphatic heterocycles. The van der Waals surface area contributed by atoms with Gasteiger partial charge in [-0.3, -0.25) is 10.1 Å². The fourth-order valence-electron chi connectivity index (χ4n) is 2.66. The van der Waals surface area contributed by atoms with Crippen molar-refractivity contribution in [3.8, 4) is 5.75 Å². The van der Waals surface area contributed by atoms with Crippen LogP contribution in [0.2, 0.25) is 0 Å². The molecule has 1 amide bonds. The molecule has 0 spiro atoms. The van der Waals surface area contributed by atoms with Crippen LogP contribution in [0.3, 0.4) is 0 Å². The lowest BCUT2D eigenvalue weighted by molar-refractivity contribution is -0.118. The summed E-state index contributed by atoms with van der Waals surface area (Å²) in [4.78, 5) is 11.8. The van der Waals surface area contributed by atoms with Gasteiger partial charge in [-0.15, -0.1) is 5.10 Å². The first kappa shape index (κ1) is 15.5. The van der Waals surface area contributed by atoms with Crippen LogP contribution < -0.4 is 10.1 Å². The number of amides is 1. The topological polar surface area (TPSA) is 77.2 Å². The number of para-hydroxylation sites is 1. The Kier molecular flexibility index (Phi) is 4.85. The molecule has 0 unspecified atom stereocenters. The maximum Gasteiger partial charge on any atom is 0.322 e. The predicted molar refractivity (Wildman–Crippen MR) is 80.6 cm³/mol. The molecule has 1 fully saturated rings. The summed E-state index contributed by atoms with van der Waals surface area (Å²) in [5.74, 6) is -0.132. The summed E-state index contributed by atoms with van der Waals surface area (Å²) in [6.45, 7) is -0.331. The van der Waals surface area contributed by atoms with Gasteiger partial charge in [-0.1, -0.05) is 36.5 Å². The first-order chi connectivity index (χ1) is 11.2. The first-order valence-electron chi connectivity index (χ1n) is 7.73. The largest absolute Gasteiger partial charge is 0.481 e. The minimum atomic E-state index is -0.516. The van der Waals surface area contributed by atoms with Gasteiger partial charge in [0.2, 0.25) is 5.89 Å². The number of carbonyl (C=O) groups is 1. The highest BCUT2D eigenvalue weighted by Crippen LogP contribution is 2.32. The number of anilines is 1. The van der Waals surface area contributed by atoms with E-state index in [2.05, 4.69) is 15.5 Å². The molecule has 1 N–H and O–H groups in total. The lowest BCUT2D eigenvalue weighted by Gasteiger charge is -2.17. The van der Waals surface area contributed by atoms with E-state index in [0.717, 1.165) is 25.7 Å². The molecule has 1 aromatic heterocycles. The van der Waals surface area contributed by atoms with Crippen molar-refractivity contribution < 1.29 is 18.3 Å². The highest BCUT2D eigenvalue weighted by Gasteiger charge is 2.21. The predicted octanol–water partition coefficient (Wildman–Crippen LogP) is 3.27. The number of nitrogens with one attached hydrogen (secondary N) is 1. The van der Waals surface area contributed by atoms with Crippen molar-refractivity contribution in [2.45, 2.75) is 38.0 Å². The summed E-state index contributed by atoms with van der Waals surface area (Å²) < 4.78 is 24.0. The van der Waals surface area contributed by atoms with E-state index < -0.39 is 11.7 Å². The number of aromatic nitrogens is 2. The number of benzene rings is 1. The monoisotopic (exact) mass is 319 g/mol. The maximum absolute atomic E-state index is 13.4. The zero-order chi connectivity index (χ0) is 16.1. The standard InChI is InChI=1S/C16H18FN3O3/c17-12-8-4-5-9-13(12)22-10-14(21)18-16-20-19-15(23-16)11-6-2-1-3-7-11/h4-5,8-9,11H,1-3,6-7,10H2,(H,18,20,21). The van der Waals surface area contributed by atoms with E-state index in [1.165, 1.54) is 18.6 Å². The third kappa shape index (κ3) is 4.06. The van der Waals surface area contributed by atoms with Crippen LogP contribution in [-0.4, -0.2) is 22.7 Å². The van der Waals surface area contributed by atoms with Crippen LogP contribution in [0, 0.1) is 5.82 Å². The van der Waals surface area contributed by atoms with E-state index in [4.69, 9.17) is 9.15 Å². The molecular weight excluding hydrogens is 301 g/mol. The van der Waals surface area contributed by atoms with Crippen LogP contribution in [0.25, 0.3) is 0 Å². The van der Waals surface area contributed by atoms with Crippen LogP contribution in [0.4, 0.5) is 10.4 Å². The fraction of sp³-hybridized carbons (Fsp3) is 0.438. The van der Waals surface area contributed by atoms with Crippen molar-refractivity contribution >= 4 is 11.9 Å². The zero-order valence-electron chi connectivity index (χ0n) is 12.6. The Morgan fingerprint density at radius 2 is 2.04 bits per heavy atom. The number of hydrogen-bond donors (Lipinski definition) is 1. The summed E-state index contributed by atoms with van der Waals surface area (Å²) in [5.41, 5.74) is 0. The van der Waals surface area contributed by atoms with E-state index in [9.17, 15) is 9.18 Å². The molecule has 1 heterocycles. The normalized spacial score (nSPS) is 15.3. The fourth-order valence-corrected chi connectivity index (χ4v) is 2.66. The first-order valence-corrected chi connectivity index (χ1v) is 7.73. The van der Waals surface area contributed by atoms with Crippen LogP contribution in [0.1, 0.15) is 43.9 Å². The number of carbonyl (C=O) groups excluding carboxylic acids is 1. The minimum absolute atomic E-state index is 0.0241. The molecule has 0 atom stereocenters. The molecule has 7 heteroatoms. The molecule has 0 radical (unpaired) electrons. The van der Waals surface area contributed by atoms with Gasteiger partial charge in [0.1, 0.15) is 0 Å². The van der Waals surface area contributed by atoms with E-state index in [1.54, 1.807) is 12.1 Å². The van der Waals surface area contributed by atoms with Crippen molar-refractivity contribution in [2.24, 2.45) is 0 Å². The van der Waals surface area contributed by atoms with Gasteiger partial charge in [-0.2, -0.15) is 0 Å². The highest BCUT2D eigenvalue weighted by atomic mass is 19.1. The van der Waals surface area contributed by atoms with Crippen molar-refractivity contribution in [1.29, 1.82) is 0 Å². The molecule has 23 heavy (non-hydrogen) atoms. The summed E-state index contributed by atoms with van der Waals surface area (Å²) in [7, 11) is 0. The molecule has 1 aromatic carbocycles. The van der Waals surface area contributed by atoms with Gasteiger partial charge in [0.15, 0.2) is 18.2 Å². The lowest BCUT2D eigenvalue weighted by atomic mass is 9.89. The Bertz CT molecular complexity index is 668. The molecule has 3 rings (SSSR count). The van der Waals surface area contributed by atoms with Crippen LogP contribution in [0.15, 0.2) is 28.7 Å². The second-order valence-electron chi connectivity index (χ2n) is 5.55. The average Bonchev–Trinajstić information content (AvgIpc) is 3.03. The number of halogens is 1. The minimum Gasteiger partial charge on any atom is -0.481 e. The molecule has 1 aliphatic rings. The zero-order valence-corrected chi connectivity index (χ0v) is 12.6. The van der Waals surface area contributed by atoms with Gasteiger partial charge in [-0.05, 0) is 25.0 Å². The Morgan fingerprint density at radius 3 is 2.83 bits per heavy atom. The Hall–Kier alpha value is -2.44. The van der Waals surface area contributed by atoms with Crippen LogP contribution in [-0.2, 0) is 4.79 Å². The summed E-state index contributed by atoms with van der Waals surface area (Å²) in [5, 5.41) is 10.3. The van der Waals surface area contributed by atoms with Gasteiger partial charge < -0.3 is 9.15 Å². The van der Waals surface area contributed by atoms with Gasteiger partial charge in [0.05, 0.1) is 0 Å². The van der Waals surface area contributed by atoms with Crippen LogP contribution in [0.5, 0.6) is 5.75 Å². The van der Waals surface area contributed by atoms with Crippen molar-refractivity contribution in [3.63, 3.8) is 0 Å². The summed E-state index contributed by atoms with van der Waals surface area (Å²) in [6, 6.07) is 5.95. The Balaban J connectivity index is 1.52. The molecule has 122 valence electrons. The average molecular weight is 319 g/mol. The quantitative estimate of drug-likeness (QED) is 0.915. The number of nitrogens with zero attached hydrogens (tertiary/aromatic N) is 2. The maximum atomic E-state index is 13.4. The van der Waals surface area contributed by atoms with Crippen molar-refractivity contribution in [3.05, 3.63) is 36.0 Å². The number of rotatable bonds is 5. The van der Waals surface area contributed by atoms with E-state index in [-0.39, 0.29) is 24.3 Å². The lowest BCUT2D eigenvalue weighted by Crippen LogP contribution is -2.20. The molecule has 1 saturated carbocycles. The highest BCUT2D eigenvalue weighted by molar-refractivity contribution is 5.89. The van der Waals surface area contributed by atoms with Crippen molar-refractivity contribution in [2.75, 3.05) is 11.9 Å². The molecule has 0 bridgehead atoms. The van der Waals surface area contributed by atoms with E-state index in [1.807, 2.05) is 0 Å². The smallest absolute Gasteiger partial charge is 0.322 e. The molecule has 0 saturated heterocycles. The van der Waals surface area contributed by atoms with Gasteiger partial charge in [0, 0.05) is 5.92 Å². The van der Waals surface area contributed by atoms with Crippen LogP contribution >= 0.6 is 0 Å². The summed E-state index contributed by atoms with van der Waals surface area (Å²) >= 11 is 0. The van der Waals surface area contributed by atoms with Gasteiger partial charge in [0.25, 0.3) is 5.91 Å². The number of ether oxygens (including phenoxy) is 1. The van der Waals surface area contributed by atoms with Crippen molar-refractivity contribution in [1.82, 2.24) is 10.2 Å². The second-order valence-corrected chi connectivity index (χ2v) is 5.55. The molecule has 1 aliphatic carbocycles. The summed E-state index contributed by atoms with van der Waals surface area (Å²) in [6.07, 6.45) is 5.62. The SMILES string of the molecule is O=C(COc1ccccc1F)Nc1nnc(C2CCCCC2)o1.